The van der Waals surface area contributed by atoms with Gasteiger partial charge in [0, 0.05) is 24.1 Å². The highest BCUT2D eigenvalue weighted by atomic mass is 16.1. The molecule has 0 atom stereocenters. The van der Waals surface area contributed by atoms with Crippen molar-refractivity contribution in [3.63, 3.8) is 0 Å². The highest BCUT2D eigenvalue weighted by molar-refractivity contribution is 6.03. The minimum absolute atomic E-state index is 0.0342. The van der Waals surface area contributed by atoms with Crippen LogP contribution in [0.25, 0.3) is 0 Å². The lowest BCUT2D eigenvalue weighted by molar-refractivity contribution is 0.102. The van der Waals surface area contributed by atoms with Crippen LogP contribution in [0.2, 0.25) is 0 Å². The number of rotatable bonds is 2. The first kappa shape index (κ1) is 13.3. The Labute approximate surface area is 113 Å². The van der Waals surface area contributed by atoms with Crippen molar-refractivity contribution in [1.82, 2.24) is 9.78 Å². The summed E-state index contributed by atoms with van der Waals surface area (Å²) in [5, 5.41) is 7.31. The fourth-order valence-electron chi connectivity index (χ4n) is 1.73. The van der Waals surface area contributed by atoms with Gasteiger partial charge in [0.15, 0.2) is 0 Å². The van der Waals surface area contributed by atoms with E-state index in [1.165, 1.54) is 0 Å². The maximum atomic E-state index is 12.1. The summed E-state index contributed by atoms with van der Waals surface area (Å²) in [6, 6.07) is 11.1. The van der Waals surface area contributed by atoms with Crippen LogP contribution in [0.5, 0.6) is 0 Å². The highest BCUT2D eigenvalue weighted by Crippen LogP contribution is 2.23. The second-order valence-corrected chi connectivity index (χ2v) is 5.61. The Morgan fingerprint density at radius 1 is 1.21 bits per heavy atom. The average Bonchev–Trinajstić information content (AvgIpc) is 2.72. The summed E-state index contributed by atoms with van der Waals surface area (Å²) in [5.41, 5.74) is 1.56. The Bertz CT molecular complexity index is 579. The molecule has 0 bridgehead atoms. The van der Waals surface area contributed by atoms with Gasteiger partial charge in [-0.2, -0.15) is 5.10 Å². The van der Waals surface area contributed by atoms with Gasteiger partial charge in [0.05, 0.1) is 5.69 Å². The molecule has 0 aliphatic carbocycles. The zero-order chi connectivity index (χ0) is 14.0. The van der Waals surface area contributed by atoms with E-state index in [0.717, 1.165) is 5.69 Å². The number of nitrogens with zero attached hydrogens (tertiary/aromatic N) is 2. The first-order chi connectivity index (χ1) is 8.88. The molecule has 1 N–H and O–H groups in total. The number of anilines is 1. The van der Waals surface area contributed by atoms with E-state index in [1.807, 2.05) is 31.3 Å². The Kier molecular flexibility index (Phi) is 3.42. The van der Waals surface area contributed by atoms with Gasteiger partial charge in [0.2, 0.25) is 0 Å². The molecule has 100 valence electrons. The second-order valence-electron chi connectivity index (χ2n) is 5.61. The van der Waals surface area contributed by atoms with Gasteiger partial charge < -0.3 is 5.32 Å². The van der Waals surface area contributed by atoms with Crippen molar-refractivity contribution in [1.29, 1.82) is 0 Å². The molecule has 0 aliphatic heterocycles. The maximum Gasteiger partial charge on any atom is 0.256 e. The van der Waals surface area contributed by atoms with E-state index < -0.39 is 0 Å². The normalized spacial score (nSPS) is 11.4. The van der Waals surface area contributed by atoms with Crippen LogP contribution in [0.1, 0.15) is 36.8 Å². The number of carbonyl (C=O) groups excluding carboxylic acids is 1. The van der Waals surface area contributed by atoms with E-state index >= 15 is 0 Å². The molecule has 2 rings (SSSR count). The third kappa shape index (κ3) is 3.02. The quantitative estimate of drug-likeness (QED) is 0.899. The lowest BCUT2D eigenvalue weighted by atomic mass is 9.92. The number of nitrogens with one attached hydrogen (secondary N) is 1. The van der Waals surface area contributed by atoms with Crippen LogP contribution in [0.3, 0.4) is 0 Å². The summed E-state index contributed by atoms with van der Waals surface area (Å²) in [7, 11) is 1.83. The molecule has 0 radical (unpaired) electrons. The molecule has 1 aromatic carbocycles. The minimum Gasteiger partial charge on any atom is -0.307 e. The fourth-order valence-corrected chi connectivity index (χ4v) is 1.73. The van der Waals surface area contributed by atoms with Crippen LogP contribution in [-0.2, 0) is 12.5 Å². The molecule has 4 heteroatoms. The second kappa shape index (κ2) is 4.88. The lowest BCUT2D eigenvalue weighted by Crippen LogP contribution is -2.14. The SMILES string of the molecule is Cn1nc(C(C)(C)C)cc1NC(=O)c1ccccc1. The molecule has 4 nitrogen and oxygen atoms in total. The molecular weight excluding hydrogens is 238 g/mol. The molecular formula is C15H19N3O. The van der Waals surface area contributed by atoms with Crippen molar-refractivity contribution in [2.75, 3.05) is 5.32 Å². The van der Waals surface area contributed by atoms with Gasteiger partial charge in [-0.05, 0) is 12.1 Å². The summed E-state index contributed by atoms with van der Waals surface area (Å²) in [4.78, 5) is 12.1. The molecule has 0 saturated heterocycles. The maximum absolute atomic E-state index is 12.1. The minimum atomic E-state index is -0.121. The first-order valence-electron chi connectivity index (χ1n) is 6.29. The van der Waals surface area contributed by atoms with Crippen molar-refractivity contribution in [2.24, 2.45) is 7.05 Å². The Balaban J connectivity index is 2.21. The smallest absolute Gasteiger partial charge is 0.256 e. The number of aryl methyl sites for hydroxylation is 1. The van der Waals surface area contributed by atoms with Crippen molar-refractivity contribution in [3.05, 3.63) is 47.7 Å². The molecule has 2 aromatic rings. The molecule has 1 amide bonds. The molecule has 1 aromatic heterocycles. The van der Waals surface area contributed by atoms with Crippen LogP contribution in [-0.4, -0.2) is 15.7 Å². The summed E-state index contributed by atoms with van der Waals surface area (Å²) in [5.74, 6) is 0.586. The van der Waals surface area contributed by atoms with Crippen LogP contribution in [0.4, 0.5) is 5.82 Å². The summed E-state index contributed by atoms with van der Waals surface area (Å²) in [6.07, 6.45) is 0. The van der Waals surface area contributed by atoms with E-state index in [4.69, 9.17) is 0 Å². The van der Waals surface area contributed by atoms with Gasteiger partial charge in [0.25, 0.3) is 5.91 Å². The van der Waals surface area contributed by atoms with Crippen LogP contribution in [0.15, 0.2) is 36.4 Å². The van der Waals surface area contributed by atoms with Crippen LogP contribution >= 0.6 is 0 Å². The van der Waals surface area contributed by atoms with Gasteiger partial charge in [-0.1, -0.05) is 39.0 Å². The molecule has 0 spiro atoms. The summed E-state index contributed by atoms with van der Waals surface area (Å²) in [6.45, 7) is 6.29. The topological polar surface area (TPSA) is 46.9 Å². The average molecular weight is 257 g/mol. The van der Waals surface area contributed by atoms with E-state index in [-0.39, 0.29) is 11.3 Å². The zero-order valence-corrected chi connectivity index (χ0v) is 11.8. The number of hydrogen-bond acceptors (Lipinski definition) is 2. The third-order valence-electron chi connectivity index (χ3n) is 2.93. The van der Waals surface area contributed by atoms with Gasteiger partial charge in [-0.3, -0.25) is 9.48 Å². The molecule has 0 aliphatic rings. The lowest BCUT2D eigenvalue weighted by Gasteiger charge is -2.13. The Hall–Kier alpha value is -2.10. The summed E-state index contributed by atoms with van der Waals surface area (Å²) >= 11 is 0. The van der Waals surface area contributed by atoms with Gasteiger partial charge >= 0.3 is 0 Å². The number of amides is 1. The predicted octanol–water partition coefficient (Wildman–Crippen LogP) is 2.97. The Morgan fingerprint density at radius 3 is 2.37 bits per heavy atom. The van der Waals surface area contributed by atoms with E-state index in [9.17, 15) is 4.79 Å². The fraction of sp³-hybridized carbons (Fsp3) is 0.333. The molecule has 0 unspecified atom stereocenters. The highest BCUT2D eigenvalue weighted by Gasteiger charge is 2.19. The molecule has 0 saturated carbocycles. The predicted molar refractivity (Wildman–Crippen MR) is 76.3 cm³/mol. The number of aromatic nitrogens is 2. The van der Waals surface area contributed by atoms with Crippen LogP contribution < -0.4 is 5.32 Å². The van der Waals surface area contributed by atoms with Crippen molar-refractivity contribution < 1.29 is 4.79 Å². The monoisotopic (exact) mass is 257 g/mol. The van der Waals surface area contributed by atoms with Gasteiger partial charge in [-0.25, -0.2) is 0 Å². The number of carbonyl (C=O) groups is 1. The largest absolute Gasteiger partial charge is 0.307 e. The first-order valence-corrected chi connectivity index (χ1v) is 6.29. The van der Waals surface area contributed by atoms with Gasteiger partial charge in [-0.15, -0.1) is 0 Å². The van der Waals surface area contributed by atoms with E-state index in [0.29, 0.717) is 11.4 Å². The molecule has 1 heterocycles. The van der Waals surface area contributed by atoms with E-state index in [2.05, 4.69) is 31.2 Å². The summed E-state index contributed by atoms with van der Waals surface area (Å²) < 4.78 is 1.70. The van der Waals surface area contributed by atoms with Crippen LogP contribution in [0, 0.1) is 0 Å². The van der Waals surface area contributed by atoms with Crippen molar-refractivity contribution >= 4 is 11.7 Å². The molecule has 19 heavy (non-hydrogen) atoms. The van der Waals surface area contributed by atoms with Crippen molar-refractivity contribution in [2.45, 2.75) is 26.2 Å². The Morgan fingerprint density at radius 2 is 1.84 bits per heavy atom. The van der Waals surface area contributed by atoms with E-state index in [1.54, 1.807) is 16.8 Å². The third-order valence-corrected chi connectivity index (χ3v) is 2.93. The number of benzene rings is 1. The zero-order valence-electron chi connectivity index (χ0n) is 11.8. The number of hydrogen-bond donors (Lipinski definition) is 1. The standard InChI is InChI=1S/C15H19N3O/c1-15(2,3)12-10-13(18(4)17-12)16-14(19)11-8-6-5-7-9-11/h5-10H,1-4H3,(H,16,19). The van der Waals surface area contributed by atoms with Gasteiger partial charge in [0.1, 0.15) is 5.82 Å². The molecule has 0 fully saturated rings. The van der Waals surface area contributed by atoms with Crippen molar-refractivity contribution in [3.8, 4) is 0 Å².